The van der Waals surface area contributed by atoms with Crippen LogP contribution < -0.4 is 10.3 Å². The maximum absolute atomic E-state index is 12.4. The van der Waals surface area contributed by atoms with Gasteiger partial charge in [-0.05, 0) is 17.7 Å². The minimum atomic E-state index is -0.168. The average molecular weight is 444 g/mol. The van der Waals surface area contributed by atoms with Crippen LogP contribution >= 0.6 is 0 Å². The van der Waals surface area contributed by atoms with Gasteiger partial charge in [0.2, 0.25) is 0 Å². The highest BCUT2D eigenvalue weighted by Gasteiger charge is 2.16. The minimum absolute atomic E-state index is 0.143. The monoisotopic (exact) mass is 444 g/mol. The van der Waals surface area contributed by atoms with E-state index in [0.717, 1.165) is 42.7 Å². The molecule has 0 aliphatic carbocycles. The second-order valence-electron chi connectivity index (χ2n) is 7.99. The smallest absolute Gasteiger partial charge is 0.267 e. The summed E-state index contributed by atoms with van der Waals surface area (Å²) in [6.07, 6.45) is 8.89. The van der Waals surface area contributed by atoms with Gasteiger partial charge in [-0.15, -0.1) is 0 Å². The predicted octanol–water partition coefficient (Wildman–Crippen LogP) is 2.71. The summed E-state index contributed by atoms with van der Waals surface area (Å²) in [4.78, 5) is 21.4. The summed E-state index contributed by atoms with van der Waals surface area (Å²) in [6.45, 7) is 1.78. The van der Waals surface area contributed by atoms with Crippen molar-refractivity contribution in [2.24, 2.45) is 7.05 Å². The second-order valence-corrected chi connectivity index (χ2v) is 7.99. The molecule has 5 rings (SSSR count). The number of rotatable bonds is 6. The fourth-order valence-corrected chi connectivity index (χ4v) is 3.76. The molecular formula is C24H24N6O3. The van der Waals surface area contributed by atoms with Gasteiger partial charge < -0.3 is 9.47 Å². The maximum Gasteiger partial charge on any atom is 0.267 e. The third kappa shape index (κ3) is 4.98. The number of benzene rings is 1. The Morgan fingerprint density at radius 2 is 1.88 bits per heavy atom. The molecule has 9 heteroatoms. The first-order valence-electron chi connectivity index (χ1n) is 10.9. The molecule has 3 aromatic heterocycles. The summed E-state index contributed by atoms with van der Waals surface area (Å²) in [6, 6.07) is 11.0. The van der Waals surface area contributed by atoms with Crippen LogP contribution in [-0.4, -0.2) is 48.8 Å². The van der Waals surface area contributed by atoms with E-state index >= 15 is 0 Å². The van der Waals surface area contributed by atoms with Gasteiger partial charge in [0.05, 0.1) is 44.0 Å². The van der Waals surface area contributed by atoms with Gasteiger partial charge in [0.1, 0.15) is 6.10 Å². The van der Waals surface area contributed by atoms with Crippen LogP contribution in [0.5, 0.6) is 5.75 Å². The molecule has 0 bridgehead atoms. The standard InChI is InChI=1S/C24H24N6O3/c1-29-16-19(12-27-29)22-5-6-23(31)30(28-22)15-17-3-2-4-18(11-17)24-25-13-21(14-26-24)33-20-7-9-32-10-8-20/h2-6,11-14,16,20H,7-10,15H2,1H3. The van der Waals surface area contributed by atoms with Crippen molar-refractivity contribution in [3.8, 4) is 28.4 Å². The molecule has 1 aromatic carbocycles. The van der Waals surface area contributed by atoms with Gasteiger partial charge in [-0.1, -0.05) is 18.2 Å². The summed E-state index contributed by atoms with van der Waals surface area (Å²) >= 11 is 0. The van der Waals surface area contributed by atoms with E-state index in [1.807, 2.05) is 37.5 Å². The largest absolute Gasteiger partial charge is 0.487 e. The van der Waals surface area contributed by atoms with Crippen LogP contribution in [-0.2, 0) is 18.3 Å². The van der Waals surface area contributed by atoms with E-state index in [9.17, 15) is 4.79 Å². The van der Waals surface area contributed by atoms with Crippen LogP contribution in [0.25, 0.3) is 22.6 Å². The van der Waals surface area contributed by atoms with E-state index in [4.69, 9.17) is 9.47 Å². The van der Waals surface area contributed by atoms with E-state index in [2.05, 4.69) is 20.2 Å². The highest BCUT2D eigenvalue weighted by atomic mass is 16.5. The van der Waals surface area contributed by atoms with Crippen molar-refractivity contribution >= 4 is 0 Å². The Bertz CT molecular complexity index is 1290. The molecule has 0 spiro atoms. The molecule has 1 aliphatic heterocycles. The molecule has 9 nitrogen and oxygen atoms in total. The highest BCUT2D eigenvalue weighted by molar-refractivity contribution is 5.57. The van der Waals surface area contributed by atoms with Gasteiger partial charge >= 0.3 is 0 Å². The molecule has 0 saturated carbocycles. The molecular weight excluding hydrogens is 420 g/mol. The van der Waals surface area contributed by atoms with E-state index in [0.29, 0.717) is 23.8 Å². The minimum Gasteiger partial charge on any atom is -0.487 e. The van der Waals surface area contributed by atoms with E-state index in [1.165, 1.54) is 10.7 Å². The summed E-state index contributed by atoms with van der Waals surface area (Å²) in [7, 11) is 1.84. The number of aryl methyl sites for hydroxylation is 1. The lowest BCUT2D eigenvalue weighted by molar-refractivity contribution is 0.0253. The van der Waals surface area contributed by atoms with Crippen molar-refractivity contribution in [3.63, 3.8) is 0 Å². The normalized spacial score (nSPS) is 14.3. The molecule has 0 N–H and O–H groups in total. The van der Waals surface area contributed by atoms with Crippen molar-refractivity contribution in [1.29, 1.82) is 0 Å². The lowest BCUT2D eigenvalue weighted by Gasteiger charge is -2.22. The summed E-state index contributed by atoms with van der Waals surface area (Å²) in [5.41, 5.74) is 3.18. The SMILES string of the molecule is Cn1cc(-c2ccc(=O)n(Cc3cccc(-c4ncc(OC5CCOCC5)cn4)c3)n2)cn1. The van der Waals surface area contributed by atoms with Gasteiger partial charge in [-0.2, -0.15) is 10.2 Å². The molecule has 1 aliphatic rings. The fraction of sp³-hybridized carbons (Fsp3) is 0.292. The van der Waals surface area contributed by atoms with Crippen LogP contribution in [0.2, 0.25) is 0 Å². The Labute approximate surface area is 190 Å². The van der Waals surface area contributed by atoms with Crippen LogP contribution in [0.1, 0.15) is 18.4 Å². The first-order valence-corrected chi connectivity index (χ1v) is 10.9. The van der Waals surface area contributed by atoms with E-state index in [1.54, 1.807) is 29.3 Å². The van der Waals surface area contributed by atoms with Crippen molar-refractivity contribution < 1.29 is 9.47 Å². The van der Waals surface area contributed by atoms with Crippen LogP contribution in [0.15, 0.2) is 66.0 Å². The van der Waals surface area contributed by atoms with Crippen LogP contribution in [0.4, 0.5) is 0 Å². The topological polar surface area (TPSA) is 97.0 Å². The Balaban J connectivity index is 1.33. The second kappa shape index (κ2) is 9.33. The zero-order valence-electron chi connectivity index (χ0n) is 18.3. The van der Waals surface area contributed by atoms with Gasteiger partial charge in [-0.3, -0.25) is 9.48 Å². The molecule has 1 saturated heterocycles. The maximum atomic E-state index is 12.4. The lowest BCUT2D eigenvalue weighted by Crippen LogP contribution is -2.25. The predicted molar refractivity (Wildman–Crippen MR) is 122 cm³/mol. The Hall–Kier alpha value is -3.85. The third-order valence-electron chi connectivity index (χ3n) is 5.48. The summed E-state index contributed by atoms with van der Waals surface area (Å²) < 4.78 is 14.5. The third-order valence-corrected chi connectivity index (χ3v) is 5.48. The van der Waals surface area contributed by atoms with Gasteiger partial charge in [-0.25, -0.2) is 14.6 Å². The van der Waals surface area contributed by atoms with Crippen molar-refractivity contribution in [2.75, 3.05) is 13.2 Å². The fourth-order valence-electron chi connectivity index (χ4n) is 3.76. The van der Waals surface area contributed by atoms with E-state index in [-0.39, 0.29) is 11.7 Å². The Morgan fingerprint density at radius 3 is 2.64 bits per heavy atom. The highest BCUT2D eigenvalue weighted by Crippen LogP contribution is 2.21. The number of nitrogens with zero attached hydrogens (tertiary/aromatic N) is 6. The molecule has 0 unspecified atom stereocenters. The molecule has 1 fully saturated rings. The number of hydrogen-bond acceptors (Lipinski definition) is 7. The molecule has 33 heavy (non-hydrogen) atoms. The molecule has 0 radical (unpaired) electrons. The Morgan fingerprint density at radius 1 is 1.06 bits per heavy atom. The number of aromatic nitrogens is 6. The Kier molecular flexibility index (Phi) is 5.95. The zero-order chi connectivity index (χ0) is 22.6. The van der Waals surface area contributed by atoms with Gasteiger partial charge in [0, 0.05) is 43.3 Å². The molecule has 168 valence electrons. The van der Waals surface area contributed by atoms with Crippen molar-refractivity contribution in [3.05, 3.63) is 77.1 Å². The molecule has 4 heterocycles. The first-order chi connectivity index (χ1) is 16.1. The van der Waals surface area contributed by atoms with Crippen LogP contribution in [0.3, 0.4) is 0 Å². The first kappa shape index (κ1) is 21.0. The summed E-state index contributed by atoms with van der Waals surface area (Å²) in [5, 5.41) is 8.69. The van der Waals surface area contributed by atoms with Gasteiger partial charge in [0.15, 0.2) is 11.6 Å². The lowest BCUT2D eigenvalue weighted by atomic mass is 10.1. The van der Waals surface area contributed by atoms with Crippen molar-refractivity contribution in [2.45, 2.75) is 25.5 Å². The molecule has 0 amide bonds. The molecule has 0 atom stereocenters. The van der Waals surface area contributed by atoms with Crippen molar-refractivity contribution in [1.82, 2.24) is 29.5 Å². The zero-order valence-corrected chi connectivity index (χ0v) is 18.3. The van der Waals surface area contributed by atoms with Gasteiger partial charge in [0.25, 0.3) is 5.56 Å². The average Bonchev–Trinajstić information content (AvgIpc) is 3.28. The number of hydrogen-bond donors (Lipinski definition) is 0. The summed E-state index contributed by atoms with van der Waals surface area (Å²) in [5.74, 6) is 1.25. The number of ether oxygens (including phenoxy) is 2. The van der Waals surface area contributed by atoms with Crippen LogP contribution in [0, 0.1) is 0 Å². The quantitative estimate of drug-likeness (QED) is 0.451. The molecule has 4 aromatic rings. The van der Waals surface area contributed by atoms with E-state index < -0.39 is 0 Å².